The Kier molecular flexibility index (Phi) is 14.6. The number of aromatic nitrogens is 2. The van der Waals surface area contributed by atoms with E-state index in [1.165, 1.54) is 6.20 Å². The topological polar surface area (TPSA) is 157 Å². The maximum atomic E-state index is 9.66. The Balaban J connectivity index is 1.31. The van der Waals surface area contributed by atoms with Crippen LogP contribution in [0.15, 0.2) is 42.6 Å². The summed E-state index contributed by atoms with van der Waals surface area (Å²) in [5.41, 5.74) is 8.94. The predicted octanol–water partition coefficient (Wildman–Crippen LogP) is 0.667. The van der Waals surface area contributed by atoms with Gasteiger partial charge in [-0.05, 0) is 29.2 Å². The first kappa shape index (κ1) is 31.6. The summed E-state index contributed by atoms with van der Waals surface area (Å²) in [6.07, 6.45) is 1.50. The fourth-order valence-electron chi connectivity index (χ4n) is 3.64. The van der Waals surface area contributed by atoms with Crippen LogP contribution in [0.2, 0.25) is 0 Å². The van der Waals surface area contributed by atoms with Crippen molar-refractivity contribution in [2.75, 3.05) is 92.1 Å². The lowest BCUT2D eigenvalue weighted by molar-refractivity contribution is -0.0159. The van der Waals surface area contributed by atoms with Crippen LogP contribution in [-0.4, -0.2) is 114 Å². The van der Waals surface area contributed by atoms with Crippen LogP contribution in [0.4, 0.5) is 5.69 Å². The lowest BCUT2D eigenvalue weighted by atomic mass is 9.79. The first-order chi connectivity index (χ1) is 19.6. The third-order valence-electron chi connectivity index (χ3n) is 5.69. The number of rotatable bonds is 21. The predicted molar refractivity (Wildman–Crippen MR) is 151 cm³/mol. The van der Waals surface area contributed by atoms with E-state index < -0.39 is 7.12 Å². The fourth-order valence-corrected chi connectivity index (χ4v) is 3.64. The van der Waals surface area contributed by atoms with Gasteiger partial charge in [0.05, 0.1) is 90.1 Å². The van der Waals surface area contributed by atoms with Gasteiger partial charge in [0, 0.05) is 18.1 Å². The second-order valence-corrected chi connectivity index (χ2v) is 8.56. The number of anilines is 1. The SMILES string of the molecule is COCCOCCOCCOCCOCCOCCOc1ccc(B(O)O)cc1-c1ccc2c(N)cnnc2c1. The summed E-state index contributed by atoms with van der Waals surface area (Å²) < 4.78 is 38.1. The highest BCUT2D eigenvalue weighted by Gasteiger charge is 2.16. The van der Waals surface area contributed by atoms with Crippen molar-refractivity contribution in [3.05, 3.63) is 42.6 Å². The number of nitrogens with two attached hydrogens (primary N) is 1. The van der Waals surface area contributed by atoms with Gasteiger partial charge in [0.2, 0.25) is 0 Å². The molecule has 1 aromatic heterocycles. The van der Waals surface area contributed by atoms with Gasteiger partial charge in [0.1, 0.15) is 12.4 Å². The van der Waals surface area contributed by atoms with Gasteiger partial charge >= 0.3 is 7.12 Å². The van der Waals surface area contributed by atoms with Crippen LogP contribution >= 0.6 is 0 Å². The second-order valence-electron chi connectivity index (χ2n) is 8.56. The van der Waals surface area contributed by atoms with Crippen LogP contribution in [0.3, 0.4) is 0 Å². The van der Waals surface area contributed by atoms with Gasteiger partial charge in [-0.2, -0.15) is 10.2 Å². The zero-order chi connectivity index (χ0) is 28.4. The van der Waals surface area contributed by atoms with Gasteiger partial charge in [-0.1, -0.05) is 18.2 Å². The molecule has 0 bridgehead atoms. The first-order valence-electron chi connectivity index (χ1n) is 13.1. The summed E-state index contributed by atoms with van der Waals surface area (Å²) in [6.45, 7) is 5.67. The molecule has 13 heteroatoms. The zero-order valence-corrected chi connectivity index (χ0v) is 22.8. The van der Waals surface area contributed by atoms with Crippen molar-refractivity contribution in [1.29, 1.82) is 0 Å². The maximum absolute atomic E-state index is 9.66. The van der Waals surface area contributed by atoms with E-state index in [-0.39, 0.29) is 0 Å². The molecule has 0 saturated heterocycles. The van der Waals surface area contributed by atoms with E-state index in [9.17, 15) is 10.0 Å². The Morgan fingerprint density at radius 2 is 1.30 bits per heavy atom. The normalized spacial score (nSPS) is 11.3. The van der Waals surface area contributed by atoms with Gasteiger partial charge in [0.15, 0.2) is 0 Å². The summed E-state index contributed by atoms with van der Waals surface area (Å²) in [7, 11) is 0.0271. The summed E-state index contributed by atoms with van der Waals surface area (Å²) in [5.74, 6) is 0.570. The van der Waals surface area contributed by atoms with E-state index in [0.717, 1.165) is 10.9 Å². The molecular formula is C27H38BN3O9. The fraction of sp³-hybridized carbons (Fsp3) is 0.481. The third-order valence-corrected chi connectivity index (χ3v) is 5.69. The highest BCUT2D eigenvalue weighted by atomic mass is 16.6. The number of hydrogen-bond donors (Lipinski definition) is 3. The molecule has 0 fully saturated rings. The molecule has 12 nitrogen and oxygen atoms in total. The van der Waals surface area contributed by atoms with E-state index in [1.807, 2.05) is 18.2 Å². The number of nitrogen functional groups attached to an aromatic ring is 1. The number of methoxy groups -OCH3 is 1. The Labute approximate surface area is 234 Å². The number of nitrogens with zero attached hydrogens (tertiary/aromatic N) is 2. The number of hydrogen-bond acceptors (Lipinski definition) is 12. The minimum Gasteiger partial charge on any atom is -0.491 e. The number of benzene rings is 2. The van der Waals surface area contributed by atoms with Crippen molar-refractivity contribution in [2.24, 2.45) is 0 Å². The highest BCUT2D eigenvalue weighted by molar-refractivity contribution is 6.58. The lowest BCUT2D eigenvalue weighted by Crippen LogP contribution is -2.29. The number of fused-ring (bicyclic) bond motifs is 1. The van der Waals surface area contributed by atoms with E-state index in [1.54, 1.807) is 25.3 Å². The standard InChI is InChI=1S/C27H38BN3O9/c1-34-6-7-35-8-9-36-10-11-37-12-13-38-14-15-39-16-17-40-27-5-3-22(28(32)33)19-24(27)21-2-4-23-25(29)20-30-31-26(23)18-21/h2-5,18-20,32-33H,6-17H2,1H3,(H2,29,31). The van der Waals surface area contributed by atoms with Gasteiger partial charge in [0.25, 0.3) is 0 Å². The van der Waals surface area contributed by atoms with E-state index in [4.69, 9.17) is 38.9 Å². The van der Waals surface area contributed by atoms with Crippen molar-refractivity contribution >= 4 is 29.2 Å². The molecule has 1 heterocycles. The van der Waals surface area contributed by atoms with Crippen molar-refractivity contribution in [3.8, 4) is 16.9 Å². The van der Waals surface area contributed by atoms with Crippen LogP contribution < -0.4 is 15.9 Å². The average Bonchev–Trinajstić information content (AvgIpc) is 2.96. The lowest BCUT2D eigenvalue weighted by Gasteiger charge is -2.14. The van der Waals surface area contributed by atoms with Crippen molar-refractivity contribution in [2.45, 2.75) is 0 Å². The van der Waals surface area contributed by atoms with Crippen LogP contribution in [0.5, 0.6) is 5.75 Å². The Hall–Kier alpha value is -2.88. The molecule has 0 aliphatic heterocycles. The van der Waals surface area contributed by atoms with Crippen LogP contribution in [0.25, 0.3) is 22.0 Å². The van der Waals surface area contributed by atoms with Crippen LogP contribution in [0, 0.1) is 0 Å². The minimum absolute atomic E-state index is 0.300. The monoisotopic (exact) mass is 559 g/mol. The van der Waals surface area contributed by atoms with Gasteiger partial charge in [-0.25, -0.2) is 0 Å². The van der Waals surface area contributed by atoms with Crippen LogP contribution in [0.1, 0.15) is 0 Å². The van der Waals surface area contributed by atoms with Crippen molar-refractivity contribution in [3.63, 3.8) is 0 Å². The highest BCUT2D eigenvalue weighted by Crippen LogP contribution is 2.32. The molecular weight excluding hydrogens is 521 g/mol. The molecule has 2 aromatic carbocycles. The molecule has 3 rings (SSSR count). The molecule has 40 heavy (non-hydrogen) atoms. The molecule has 0 saturated carbocycles. The molecule has 0 atom stereocenters. The van der Waals surface area contributed by atoms with Crippen molar-refractivity contribution < 1.29 is 43.2 Å². The zero-order valence-electron chi connectivity index (χ0n) is 22.8. The summed E-state index contributed by atoms with van der Waals surface area (Å²) in [6, 6.07) is 10.5. The second kappa shape index (κ2) is 18.5. The molecule has 0 amide bonds. The van der Waals surface area contributed by atoms with E-state index in [2.05, 4.69) is 10.2 Å². The Morgan fingerprint density at radius 3 is 1.88 bits per heavy atom. The van der Waals surface area contributed by atoms with Gasteiger partial charge in [-0.15, -0.1) is 0 Å². The first-order valence-corrected chi connectivity index (χ1v) is 13.1. The van der Waals surface area contributed by atoms with E-state index >= 15 is 0 Å². The molecule has 0 aliphatic rings. The summed E-state index contributed by atoms with van der Waals surface area (Å²) in [4.78, 5) is 0. The summed E-state index contributed by atoms with van der Waals surface area (Å²) >= 11 is 0. The maximum Gasteiger partial charge on any atom is 0.488 e. The summed E-state index contributed by atoms with van der Waals surface area (Å²) in [5, 5.41) is 28.2. The molecule has 0 unspecified atom stereocenters. The average molecular weight is 559 g/mol. The quantitative estimate of drug-likeness (QED) is 0.124. The molecule has 4 N–H and O–H groups in total. The smallest absolute Gasteiger partial charge is 0.488 e. The molecule has 3 aromatic rings. The third kappa shape index (κ3) is 10.9. The van der Waals surface area contributed by atoms with E-state index in [0.29, 0.717) is 107 Å². The largest absolute Gasteiger partial charge is 0.491 e. The van der Waals surface area contributed by atoms with Gasteiger partial charge < -0.3 is 48.9 Å². The Morgan fingerprint density at radius 1 is 0.725 bits per heavy atom. The number of ether oxygens (including phenoxy) is 7. The van der Waals surface area contributed by atoms with Crippen LogP contribution in [-0.2, 0) is 28.4 Å². The Bertz CT molecular complexity index is 1140. The molecule has 0 radical (unpaired) electrons. The molecule has 0 aliphatic carbocycles. The molecule has 218 valence electrons. The van der Waals surface area contributed by atoms with Gasteiger partial charge in [-0.3, -0.25) is 0 Å². The minimum atomic E-state index is -1.61. The van der Waals surface area contributed by atoms with Crippen molar-refractivity contribution in [1.82, 2.24) is 10.2 Å². The molecule has 0 spiro atoms.